The zero-order valence-electron chi connectivity index (χ0n) is 7.94. The molecule has 0 saturated carbocycles. The van der Waals surface area contributed by atoms with E-state index in [1.54, 1.807) is 0 Å². The molecule has 0 bridgehead atoms. The third-order valence-corrected chi connectivity index (χ3v) is 3.36. The first-order chi connectivity index (χ1) is 5.79. The molecule has 1 saturated heterocycles. The molecular formula is C10H19NS. The van der Waals surface area contributed by atoms with Crippen molar-refractivity contribution in [1.82, 2.24) is 5.32 Å². The van der Waals surface area contributed by atoms with Gasteiger partial charge >= 0.3 is 0 Å². The molecule has 0 aromatic carbocycles. The normalized spacial score (nSPS) is 23.9. The van der Waals surface area contributed by atoms with E-state index < -0.39 is 0 Å². The Hall–Kier alpha value is 0.0500. The molecule has 70 valence electrons. The van der Waals surface area contributed by atoms with Crippen LogP contribution in [0.4, 0.5) is 0 Å². The number of nitrogens with one attached hydrogen (secondary N) is 1. The van der Waals surface area contributed by atoms with E-state index in [9.17, 15) is 0 Å². The average Bonchev–Trinajstić information content (AvgIpc) is 2.05. The molecule has 1 unspecified atom stereocenters. The van der Waals surface area contributed by atoms with Gasteiger partial charge < -0.3 is 5.32 Å². The summed E-state index contributed by atoms with van der Waals surface area (Å²) in [5.41, 5.74) is 1.28. The smallest absolute Gasteiger partial charge is 0.0158 e. The highest BCUT2D eigenvalue weighted by molar-refractivity contribution is 7.99. The van der Waals surface area contributed by atoms with E-state index in [0.29, 0.717) is 0 Å². The first-order valence-corrected chi connectivity index (χ1v) is 5.90. The highest BCUT2D eigenvalue weighted by Crippen LogP contribution is 2.16. The maximum absolute atomic E-state index is 3.89. The Balaban J connectivity index is 2.01. The summed E-state index contributed by atoms with van der Waals surface area (Å²) in [4.78, 5) is 0. The van der Waals surface area contributed by atoms with E-state index >= 15 is 0 Å². The van der Waals surface area contributed by atoms with E-state index in [1.807, 2.05) is 0 Å². The minimum atomic E-state index is 0.767. The molecule has 1 aliphatic rings. The highest BCUT2D eigenvalue weighted by atomic mass is 32.2. The van der Waals surface area contributed by atoms with Crippen molar-refractivity contribution in [1.29, 1.82) is 0 Å². The van der Waals surface area contributed by atoms with Gasteiger partial charge in [0.1, 0.15) is 0 Å². The van der Waals surface area contributed by atoms with E-state index in [1.165, 1.54) is 29.9 Å². The van der Waals surface area contributed by atoms with Crippen molar-refractivity contribution in [2.45, 2.75) is 32.2 Å². The number of rotatable bonds is 4. The van der Waals surface area contributed by atoms with Gasteiger partial charge in [0.2, 0.25) is 0 Å². The van der Waals surface area contributed by atoms with Crippen LogP contribution in [0.15, 0.2) is 12.2 Å². The van der Waals surface area contributed by atoms with Crippen LogP contribution in [-0.4, -0.2) is 24.1 Å². The molecule has 0 amide bonds. The van der Waals surface area contributed by atoms with Gasteiger partial charge in [0.25, 0.3) is 0 Å². The van der Waals surface area contributed by atoms with Crippen molar-refractivity contribution < 1.29 is 0 Å². The van der Waals surface area contributed by atoms with Gasteiger partial charge in [-0.3, -0.25) is 0 Å². The molecule has 0 radical (unpaired) electrons. The van der Waals surface area contributed by atoms with Gasteiger partial charge in [0.05, 0.1) is 0 Å². The van der Waals surface area contributed by atoms with Gasteiger partial charge in [-0.15, -0.1) is 6.58 Å². The topological polar surface area (TPSA) is 12.0 Å². The van der Waals surface area contributed by atoms with E-state index in [2.05, 4.69) is 30.6 Å². The highest BCUT2D eigenvalue weighted by Gasteiger charge is 2.11. The second kappa shape index (κ2) is 5.65. The van der Waals surface area contributed by atoms with Crippen LogP contribution in [0.1, 0.15) is 26.2 Å². The molecular weight excluding hydrogens is 166 g/mol. The van der Waals surface area contributed by atoms with Gasteiger partial charge in [0, 0.05) is 11.8 Å². The molecule has 12 heavy (non-hydrogen) atoms. The van der Waals surface area contributed by atoms with Gasteiger partial charge in [0.15, 0.2) is 0 Å². The quantitative estimate of drug-likeness (QED) is 0.675. The molecule has 2 heteroatoms. The SMILES string of the molecule is C=C(C)CCNC1CCCSC1. The Morgan fingerprint density at radius 3 is 3.08 bits per heavy atom. The van der Waals surface area contributed by atoms with Crippen molar-refractivity contribution in [3.8, 4) is 0 Å². The summed E-state index contributed by atoms with van der Waals surface area (Å²) >= 11 is 2.08. The van der Waals surface area contributed by atoms with Crippen LogP contribution in [0, 0.1) is 0 Å². The average molecular weight is 185 g/mol. The van der Waals surface area contributed by atoms with Crippen LogP contribution in [0.3, 0.4) is 0 Å². The van der Waals surface area contributed by atoms with Gasteiger partial charge in [-0.05, 0) is 38.5 Å². The molecule has 0 spiro atoms. The first-order valence-electron chi connectivity index (χ1n) is 4.74. The van der Waals surface area contributed by atoms with Crippen LogP contribution in [-0.2, 0) is 0 Å². The van der Waals surface area contributed by atoms with Crippen molar-refractivity contribution in [2.24, 2.45) is 0 Å². The molecule has 0 aromatic rings. The van der Waals surface area contributed by atoms with Gasteiger partial charge in [-0.25, -0.2) is 0 Å². The molecule has 1 fully saturated rings. The van der Waals surface area contributed by atoms with E-state index in [-0.39, 0.29) is 0 Å². The Morgan fingerprint density at radius 2 is 2.50 bits per heavy atom. The summed E-state index contributed by atoms with van der Waals surface area (Å²) in [5.74, 6) is 2.66. The minimum Gasteiger partial charge on any atom is -0.313 e. The van der Waals surface area contributed by atoms with Crippen LogP contribution < -0.4 is 5.32 Å². The number of hydrogen-bond acceptors (Lipinski definition) is 2. The fourth-order valence-corrected chi connectivity index (χ4v) is 2.50. The summed E-state index contributed by atoms with van der Waals surface area (Å²) < 4.78 is 0. The Morgan fingerprint density at radius 1 is 1.67 bits per heavy atom. The fourth-order valence-electron chi connectivity index (χ4n) is 1.39. The minimum absolute atomic E-state index is 0.767. The number of thioether (sulfide) groups is 1. The Bertz CT molecular complexity index is 139. The molecule has 1 heterocycles. The monoisotopic (exact) mass is 185 g/mol. The largest absolute Gasteiger partial charge is 0.313 e. The molecule has 1 N–H and O–H groups in total. The summed E-state index contributed by atoms with van der Waals surface area (Å²) in [6, 6.07) is 0.767. The molecule has 0 aliphatic carbocycles. The lowest BCUT2D eigenvalue weighted by molar-refractivity contribution is 0.511. The fraction of sp³-hybridized carbons (Fsp3) is 0.800. The van der Waals surface area contributed by atoms with Gasteiger partial charge in [-0.1, -0.05) is 5.57 Å². The first kappa shape index (κ1) is 10.1. The van der Waals surface area contributed by atoms with Crippen LogP contribution in [0.25, 0.3) is 0 Å². The van der Waals surface area contributed by atoms with Crippen LogP contribution in [0.5, 0.6) is 0 Å². The summed E-state index contributed by atoms with van der Waals surface area (Å²) in [7, 11) is 0. The second-order valence-electron chi connectivity index (χ2n) is 3.58. The summed E-state index contributed by atoms with van der Waals surface area (Å²) in [6.45, 7) is 7.10. The maximum atomic E-state index is 3.89. The van der Waals surface area contributed by atoms with Gasteiger partial charge in [-0.2, -0.15) is 11.8 Å². The van der Waals surface area contributed by atoms with Crippen molar-refractivity contribution >= 4 is 11.8 Å². The lowest BCUT2D eigenvalue weighted by Gasteiger charge is -2.22. The molecule has 1 rings (SSSR count). The third kappa shape index (κ3) is 4.17. The standard InChI is InChI=1S/C10H19NS/c1-9(2)5-6-11-10-4-3-7-12-8-10/h10-11H,1,3-8H2,2H3. The van der Waals surface area contributed by atoms with Crippen molar-refractivity contribution in [3.05, 3.63) is 12.2 Å². The van der Waals surface area contributed by atoms with Crippen molar-refractivity contribution in [2.75, 3.05) is 18.1 Å². The lowest BCUT2D eigenvalue weighted by atomic mass is 10.1. The molecule has 1 nitrogen and oxygen atoms in total. The van der Waals surface area contributed by atoms with E-state index in [4.69, 9.17) is 0 Å². The molecule has 1 aliphatic heterocycles. The maximum Gasteiger partial charge on any atom is 0.0158 e. The zero-order valence-corrected chi connectivity index (χ0v) is 8.75. The van der Waals surface area contributed by atoms with Crippen molar-refractivity contribution in [3.63, 3.8) is 0 Å². The Labute approximate surface area is 80.0 Å². The Kier molecular flexibility index (Phi) is 4.77. The van der Waals surface area contributed by atoms with Crippen LogP contribution in [0.2, 0.25) is 0 Å². The summed E-state index contributed by atoms with van der Waals surface area (Å²) in [6.07, 6.45) is 3.87. The van der Waals surface area contributed by atoms with E-state index in [0.717, 1.165) is 19.0 Å². The second-order valence-corrected chi connectivity index (χ2v) is 4.73. The predicted octanol–water partition coefficient (Wildman–Crippen LogP) is 2.44. The number of hydrogen-bond donors (Lipinski definition) is 1. The predicted molar refractivity (Wildman–Crippen MR) is 57.8 cm³/mol. The zero-order chi connectivity index (χ0) is 8.81. The molecule has 1 atom stereocenters. The van der Waals surface area contributed by atoms with Crippen LogP contribution >= 0.6 is 11.8 Å². The summed E-state index contributed by atoms with van der Waals surface area (Å²) in [5, 5.41) is 3.57. The lowest BCUT2D eigenvalue weighted by Crippen LogP contribution is -2.34. The third-order valence-electron chi connectivity index (χ3n) is 2.15. The molecule has 0 aromatic heterocycles.